The molecule has 15 heavy (non-hydrogen) atoms. The van der Waals surface area contributed by atoms with Crippen LogP contribution in [-0.2, 0) is 17.6 Å². The zero-order valence-electron chi connectivity index (χ0n) is 8.40. The molecule has 2 rings (SSSR count). The first-order valence-electron chi connectivity index (χ1n) is 4.68. The van der Waals surface area contributed by atoms with E-state index >= 15 is 0 Å². The first kappa shape index (κ1) is 10.1. The van der Waals surface area contributed by atoms with Gasteiger partial charge in [0.25, 0.3) is 0 Å². The summed E-state index contributed by atoms with van der Waals surface area (Å²) in [6, 6.07) is 1.81. The molecule has 3 nitrogen and oxygen atoms in total. The summed E-state index contributed by atoms with van der Waals surface area (Å²) in [6.07, 6.45) is 4.03. The maximum absolute atomic E-state index is 11.6. The van der Waals surface area contributed by atoms with Gasteiger partial charge in [-0.05, 0) is 18.6 Å². The molecule has 0 amide bonds. The smallest absolute Gasteiger partial charge is 0.144 e. The number of furan rings is 1. The fourth-order valence-electron chi connectivity index (χ4n) is 1.34. The largest absolute Gasteiger partial charge is 0.472 e. The Kier molecular flexibility index (Phi) is 2.97. The molecule has 0 N–H and O–H groups in total. The summed E-state index contributed by atoms with van der Waals surface area (Å²) in [5, 5.41) is 2.85. The Bertz CT molecular complexity index is 445. The Labute approximate surface area is 91.8 Å². The summed E-state index contributed by atoms with van der Waals surface area (Å²) in [4.78, 5) is 15.9. The molecule has 0 spiro atoms. The molecule has 0 aliphatic heterocycles. The molecule has 0 unspecified atom stereocenters. The Morgan fingerprint density at radius 2 is 2.40 bits per heavy atom. The highest BCUT2D eigenvalue weighted by Crippen LogP contribution is 2.11. The van der Waals surface area contributed by atoms with E-state index in [9.17, 15) is 4.79 Å². The molecule has 0 radical (unpaired) electrons. The van der Waals surface area contributed by atoms with Crippen molar-refractivity contribution in [3.05, 3.63) is 40.2 Å². The highest BCUT2D eigenvalue weighted by atomic mass is 32.1. The number of carbonyl (C=O) groups excluding carboxylic acids is 1. The molecule has 0 atom stereocenters. The second-order valence-electron chi connectivity index (χ2n) is 3.41. The number of nitrogens with zero attached hydrogens (tertiary/aromatic N) is 1. The van der Waals surface area contributed by atoms with Gasteiger partial charge in [0, 0.05) is 17.5 Å². The van der Waals surface area contributed by atoms with Gasteiger partial charge in [0.2, 0.25) is 0 Å². The fraction of sp³-hybridized carbons (Fsp3) is 0.273. The van der Waals surface area contributed by atoms with Crippen molar-refractivity contribution in [2.24, 2.45) is 0 Å². The molecule has 0 saturated heterocycles. The normalized spacial score (nSPS) is 10.5. The van der Waals surface area contributed by atoms with Crippen molar-refractivity contribution >= 4 is 17.1 Å². The van der Waals surface area contributed by atoms with Crippen molar-refractivity contribution in [3.63, 3.8) is 0 Å². The van der Waals surface area contributed by atoms with E-state index in [4.69, 9.17) is 4.42 Å². The second-order valence-corrected chi connectivity index (χ2v) is 4.35. The van der Waals surface area contributed by atoms with Gasteiger partial charge in [0.1, 0.15) is 10.8 Å². The summed E-state index contributed by atoms with van der Waals surface area (Å²) in [5.74, 6) is 0.172. The number of aryl methyl sites for hydroxylation is 1. The standard InChI is InChI=1S/C11H11NO2S/c1-8-7-15-11(12-8)5-10(13)4-9-2-3-14-6-9/h2-3,6-7H,4-5H2,1H3. The van der Waals surface area contributed by atoms with Crippen LogP contribution in [-0.4, -0.2) is 10.8 Å². The van der Waals surface area contributed by atoms with E-state index < -0.39 is 0 Å². The monoisotopic (exact) mass is 221 g/mol. The van der Waals surface area contributed by atoms with E-state index in [2.05, 4.69) is 4.98 Å². The molecule has 0 fully saturated rings. The Balaban J connectivity index is 1.93. The molecular formula is C11H11NO2S. The van der Waals surface area contributed by atoms with Crippen LogP contribution in [0.5, 0.6) is 0 Å². The van der Waals surface area contributed by atoms with Crippen molar-refractivity contribution < 1.29 is 9.21 Å². The number of aromatic nitrogens is 1. The molecule has 78 valence electrons. The fourth-order valence-corrected chi connectivity index (χ4v) is 2.14. The SMILES string of the molecule is Cc1csc(CC(=O)Cc2ccoc2)n1. The van der Waals surface area contributed by atoms with Gasteiger partial charge in [-0.15, -0.1) is 11.3 Å². The minimum absolute atomic E-state index is 0.172. The molecule has 0 saturated carbocycles. The van der Waals surface area contributed by atoms with Gasteiger partial charge < -0.3 is 4.42 Å². The predicted molar refractivity (Wildman–Crippen MR) is 58.0 cm³/mol. The Morgan fingerprint density at radius 3 is 3.00 bits per heavy atom. The molecule has 0 aliphatic carbocycles. The number of rotatable bonds is 4. The lowest BCUT2D eigenvalue weighted by Crippen LogP contribution is -2.05. The zero-order chi connectivity index (χ0) is 10.7. The van der Waals surface area contributed by atoms with E-state index in [1.54, 1.807) is 12.5 Å². The van der Waals surface area contributed by atoms with E-state index in [0.29, 0.717) is 12.8 Å². The van der Waals surface area contributed by atoms with E-state index in [1.165, 1.54) is 11.3 Å². The van der Waals surface area contributed by atoms with Crippen LogP contribution in [0.15, 0.2) is 28.4 Å². The van der Waals surface area contributed by atoms with Crippen LogP contribution in [0.25, 0.3) is 0 Å². The minimum Gasteiger partial charge on any atom is -0.472 e. The second kappa shape index (κ2) is 4.40. The van der Waals surface area contributed by atoms with Crippen LogP contribution in [0.2, 0.25) is 0 Å². The van der Waals surface area contributed by atoms with Crippen molar-refractivity contribution in [1.29, 1.82) is 0 Å². The molecule has 0 aromatic carbocycles. The lowest BCUT2D eigenvalue weighted by Gasteiger charge is -1.94. The Morgan fingerprint density at radius 1 is 1.53 bits per heavy atom. The first-order valence-corrected chi connectivity index (χ1v) is 5.56. The lowest BCUT2D eigenvalue weighted by molar-refractivity contribution is -0.117. The van der Waals surface area contributed by atoms with E-state index in [1.807, 2.05) is 18.4 Å². The number of Topliss-reactive ketones (excluding diaryl/α,β-unsaturated/α-hetero) is 1. The average molecular weight is 221 g/mol. The zero-order valence-corrected chi connectivity index (χ0v) is 9.21. The predicted octanol–water partition coefficient (Wildman–Crippen LogP) is 2.40. The van der Waals surface area contributed by atoms with Crippen LogP contribution < -0.4 is 0 Å². The van der Waals surface area contributed by atoms with Crippen molar-refractivity contribution in [2.45, 2.75) is 19.8 Å². The molecule has 2 heterocycles. The summed E-state index contributed by atoms with van der Waals surface area (Å²) >= 11 is 1.54. The molecule has 4 heteroatoms. The highest BCUT2D eigenvalue weighted by molar-refractivity contribution is 7.09. The van der Waals surface area contributed by atoms with Crippen LogP contribution in [0, 0.1) is 6.92 Å². The summed E-state index contributed by atoms with van der Waals surface area (Å²) < 4.78 is 4.90. The van der Waals surface area contributed by atoms with Gasteiger partial charge >= 0.3 is 0 Å². The van der Waals surface area contributed by atoms with Crippen LogP contribution >= 0.6 is 11.3 Å². The third kappa shape index (κ3) is 2.76. The number of hydrogen-bond acceptors (Lipinski definition) is 4. The molecule has 0 aliphatic rings. The quantitative estimate of drug-likeness (QED) is 0.796. The van der Waals surface area contributed by atoms with Crippen LogP contribution in [0.3, 0.4) is 0 Å². The maximum atomic E-state index is 11.6. The van der Waals surface area contributed by atoms with Crippen LogP contribution in [0.4, 0.5) is 0 Å². The summed E-state index contributed by atoms with van der Waals surface area (Å²) in [6.45, 7) is 1.93. The van der Waals surface area contributed by atoms with E-state index in [0.717, 1.165) is 16.3 Å². The van der Waals surface area contributed by atoms with Crippen molar-refractivity contribution in [3.8, 4) is 0 Å². The topological polar surface area (TPSA) is 43.1 Å². The van der Waals surface area contributed by atoms with E-state index in [-0.39, 0.29) is 5.78 Å². The average Bonchev–Trinajstić information content (AvgIpc) is 2.77. The summed E-state index contributed by atoms with van der Waals surface area (Å²) in [5.41, 5.74) is 1.90. The van der Waals surface area contributed by atoms with Gasteiger partial charge in [-0.3, -0.25) is 4.79 Å². The number of thiazole rings is 1. The minimum atomic E-state index is 0.172. The summed E-state index contributed by atoms with van der Waals surface area (Å²) in [7, 11) is 0. The van der Waals surface area contributed by atoms with Gasteiger partial charge in [-0.25, -0.2) is 4.98 Å². The first-order chi connectivity index (χ1) is 7.24. The van der Waals surface area contributed by atoms with Gasteiger partial charge in [-0.2, -0.15) is 0 Å². The van der Waals surface area contributed by atoms with Crippen molar-refractivity contribution in [2.75, 3.05) is 0 Å². The number of ketones is 1. The molecule has 2 aromatic heterocycles. The number of hydrogen-bond donors (Lipinski definition) is 0. The van der Waals surface area contributed by atoms with Gasteiger partial charge in [-0.1, -0.05) is 0 Å². The lowest BCUT2D eigenvalue weighted by atomic mass is 10.1. The van der Waals surface area contributed by atoms with Crippen LogP contribution in [0.1, 0.15) is 16.3 Å². The van der Waals surface area contributed by atoms with Gasteiger partial charge in [0.05, 0.1) is 18.9 Å². The highest BCUT2D eigenvalue weighted by Gasteiger charge is 2.08. The molecule has 0 bridgehead atoms. The maximum Gasteiger partial charge on any atom is 0.144 e. The molecular weight excluding hydrogens is 210 g/mol. The third-order valence-corrected chi connectivity index (χ3v) is 2.96. The number of carbonyl (C=O) groups is 1. The Hall–Kier alpha value is -1.42. The van der Waals surface area contributed by atoms with Crippen molar-refractivity contribution in [1.82, 2.24) is 4.98 Å². The third-order valence-electron chi connectivity index (χ3n) is 2.00. The van der Waals surface area contributed by atoms with Gasteiger partial charge in [0.15, 0.2) is 0 Å². The molecule has 2 aromatic rings.